The van der Waals surface area contributed by atoms with E-state index in [1.807, 2.05) is 24.3 Å². The summed E-state index contributed by atoms with van der Waals surface area (Å²) in [6.45, 7) is 0. The summed E-state index contributed by atoms with van der Waals surface area (Å²) in [4.78, 5) is 24.8. The number of benzene rings is 3. The zero-order valence-electron chi connectivity index (χ0n) is 16.0. The molecule has 0 saturated carbocycles. The molecule has 0 unspecified atom stereocenters. The van der Waals surface area contributed by atoms with Gasteiger partial charge in [-0.3, -0.25) is 14.9 Å². The van der Waals surface area contributed by atoms with Crippen LogP contribution in [0.5, 0.6) is 0 Å². The van der Waals surface area contributed by atoms with Crippen molar-refractivity contribution in [2.24, 2.45) is 0 Å². The number of carbonyl (C=O) groups excluding carboxylic acids is 2. The first-order valence-corrected chi connectivity index (χ1v) is 10.5. The number of thiocarbonyl (C=S) groups is 1. The number of rotatable bonds is 4. The van der Waals surface area contributed by atoms with Gasteiger partial charge in [-0.15, -0.1) is 0 Å². The third kappa shape index (κ3) is 5.17. The van der Waals surface area contributed by atoms with Crippen molar-refractivity contribution in [3.05, 3.63) is 94.7 Å². The molecule has 2 amide bonds. The standard InChI is InChI=1S/C23H16BrN3O3S/c24-16-7-3-6-15(11-16)21(28)27-23(31)26-18-9-4-8-17(13-18)25-22(29)20-12-14-5-1-2-10-19(14)30-20/h1-13H,(H,25,29)(H2,26,27,28,31). The maximum Gasteiger partial charge on any atom is 0.291 e. The van der Waals surface area contributed by atoms with Gasteiger partial charge in [-0.1, -0.05) is 46.3 Å². The zero-order valence-corrected chi connectivity index (χ0v) is 18.4. The van der Waals surface area contributed by atoms with Gasteiger partial charge in [0.05, 0.1) is 0 Å². The molecule has 1 aromatic heterocycles. The van der Waals surface area contributed by atoms with E-state index in [1.54, 1.807) is 54.6 Å². The summed E-state index contributed by atoms with van der Waals surface area (Å²) in [6, 6.07) is 23.1. The van der Waals surface area contributed by atoms with E-state index >= 15 is 0 Å². The second-order valence-electron chi connectivity index (χ2n) is 6.60. The van der Waals surface area contributed by atoms with Crippen molar-refractivity contribution in [3.8, 4) is 0 Å². The number of nitrogens with one attached hydrogen (secondary N) is 3. The summed E-state index contributed by atoms with van der Waals surface area (Å²) >= 11 is 8.57. The highest BCUT2D eigenvalue weighted by molar-refractivity contribution is 9.10. The molecule has 4 rings (SSSR count). The molecule has 154 valence electrons. The molecule has 0 aliphatic heterocycles. The van der Waals surface area contributed by atoms with Crippen LogP contribution in [0.2, 0.25) is 0 Å². The van der Waals surface area contributed by atoms with Gasteiger partial charge >= 0.3 is 0 Å². The first-order chi connectivity index (χ1) is 15.0. The summed E-state index contributed by atoms with van der Waals surface area (Å²) in [6.07, 6.45) is 0. The van der Waals surface area contributed by atoms with Gasteiger partial charge in [0.2, 0.25) is 0 Å². The third-order valence-corrected chi connectivity index (χ3v) is 5.04. The first-order valence-electron chi connectivity index (χ1n) is 9.26. The summed E-state index contributed by atoms with van der Waals surface area (Å²) in [5.41, 5.74) is 2.29. The second kappa shape index (κ2) is 9.11. The number of carbonyl (C=O) groups is 2. The lowest BCUT2D eigenvalue weighted by molar-refractivity contribution is 0.0975. The molecular formula is C23H16BrN3O3S. The van der Waals surface area contributed by atoms with Gasteiger partial charge in [0.1, 0.15) is 5.58 Å². The molecule has 6 nitrogen and oxygen atoms in total. The number of fused-ring (bicyclic) bond motifs is 1. The quantitative estimate of drug-likeness (QED) is 0.323. The molecule has 0 radical (unpaired) electrons. The highest BCUT2D eigenvalue weighted by Crippen LogP contribution is 2.21. The van der Waals surface area contributed by atoms with Gasteiger partial charge in [0, 0.05) is 26.8 Å². The number of halogens is 1. The highest BCUT2D eigenvalue weighted by atomic mass is 79.9. The van der Waals surface area contributed by atoms with Crippen LogP contribution >= 0.6 is 28.1 Å². The SMILES string of the molecule is O=C(NC(=S)Nc1cccc(NC(=O)c2cc3ccccc3o2)c1)c1cccc(Br)c1. The van der Waals surface area contributed by atoms with E-state index in [1.165, 1.54) is 0 Å². The van der Waals surface area contributed by atoms with Crippen LogP contribution in [-0.4, -0.2) is 16.9 Å². The maximum absolute atomic E-state index is 12.5. The van der Waals surface area contributed by atoms with E-state index in [2.05, 4.69) is 31.9 Å². The lowest BCUT2D eigenvalue weighted by atomic mass is 10.2. The largest absolute Gasteiger partial charge is 0.451 e. The van der Waals surface area contributed by atoms with E-state index in [-0.39, 0.29) is 22.7 Å². The van der Waals surface area contributed by atoms with Gasteiger partial charge in [-0.2, -0.15) is 0 Å². The van der Waals surface area contributed by atoms with E-state index in [4.69, 9.17) is 16.6 Å². The monoisotopic (exact) mass is 493 g/mol. The number of para-hydroxylation sites is 1. The van der Waals surface area contributed by atoms with Crippen molar-refractivity contribution in [2.45, 2.75) is 0 Å². The Labute approximate surface area is 191 Å². The molecule has 0 saturated heterocycles. The van der Waals surface area contributed by atoms with Crippen LogP contribution in [-0.2, 0) is 0 Å². The van der Waals surface area contributed by atoms with Gasteiger partial charge in [-0.05, 0) is 60.7 Å². The van der Waals surface area contributed by atoms with Crippen LogP contribution in [0.4, 0.5) is 11.4 Å². The average molecular weight is 494 g/mol. The van der Waals surface area contributed by atoms with Gasteiger partial charge < -0.3 is 15.1 Å². The van der Waals surface area contributed by atoms with Crippen LogP contribution in [0.25, 0.3) is 11.0 Å². The van der Waals surface area contributed by atoms with Gasteiger partial charge in [-0.25, -0.2) is 0 Å². The van der Waals surface area contributed by atoms with Gasteiger partial charge in [0.15, 0.2) is 10.9 Å². The number of hydrogen-bond donors (Lipinski definition) is 3. The predicted molar refractivity (Wildman–Crippen MR) is 128 cm³/mol. The minimum atomic E-state index is -0.362. The molecule has 4 aromatic rings. The first kappa shape index (κ1) is 20.8. The predicted octanol–water partition coefficient (Wildman–Crippen LogP) is 5.57. The molecule has 0 spiro atoms. The Morgan fingerprint density at radius 3 is 2.32 bits per heavy atom. The van der Waals surface area contributed by atoms with Crippen molar-refractivity contribution >= 4 is 67.4 Å². The zero-order chi connectivity index (χ0) is 21.8. The fourth-order valence-corrected chi connectivity index (χ4v) is 3.54. The summed E-state index contributed by atoms with van der Waals surface area (Å²) in [7, 11) is 0. The normalized spacial score (nSPS) is 10.5. The summed E-state index contributed by atoms with van der Waals surface area (Å²) in [5, 5.41) is 9.37. The maximum atomic E-state index is 12.5. The van der Waals surface area contributed by atoms with Crippen LogP contribution in [0.3, 0.4) is 0 Å². The van der Waals surface area contributed by atoms with Crippen molar-refractivity contribution in [1.29, 1.82) is 0 Å². The molecule has 0 atom stereocenters. The smallest absolute Gasteiger partial charge is 0.291 e. The fourth-order valence-electron chi connectivity index (χ4n) is 2.93. The Balaban J connectivity index is 1.40. The van der Waals surface area contributed by atoms with Crippen molar-refractivity contribution < 1.29 is 14.0 Å². The molecule has 3 aromatic carbocycles. The van der Waals surface area contributed by atoms with Crippen LogP contribution in [0.15, 0.2) is 87.8 Å². The molecule has 8 heteroatoms. The molecule has 1 heterocycles. The van der Waals surface area contributed by atoms with Crippen molar-refractivity contribution in [3.63, 3.8) is 0 Å². The number of anilines is 2. The number of amides is 2. The van der Waals surface area contributed by atoms with Gasteiger partial charge in [0.25, 0.3) is 11.8 Å². The topological polar surface area (TPSA) is 83.4 Å². The van der Waals surface area contributed by atoms with Crippen molar-refractivity contribution in [2.75, 3.05) is 10.6 Å². The van der Waals surface area contributed by atoms with Crippen LogP contribution < -0.4 is 16.0 Å². The second-order valence-corrected chi connectivity index (χ2v) is 7.93. The molecule has 0 aliphatic rings. The molecular weight excluding hydrogens is 478 g/mol. The minimum Gasteiger partial charge on any atom is -0.451 e. The molecule has 0 aliphatic carbocycles. The van der Waals surface area contributed by atoms with Crippen LogP contribution in [0, 0.1) is 0 Å². The van der Waals surface area contributed by atoms with Crippen LogP contribution in [0.1, 0.15) is 20.9 Å². The fraction of sp³-hybridized carbons (Fsp3) is 0. The van der Waals surface area contributed by atoms with Crippen molar-refractivity contribution in [1.82, 2.24) is 5.32 Å². The van der Waals surface area contributed by atoms with E-state index in [0.717, 1.165) is 9.86 Å². The number of hydrogen-bond acceptors (Lipinski definition) is 4. The molecule has 0 bridgehead atoms. The average Bonchev–Trinajstić information content (AvgIpc) is 3.18. The lowest BCUT2D eigenvalue weighted by Gasteiger charge is -2.11. The summed E-state index contributed by atoms with van der Waals surface area (Å²) in [5.74, 6) is -0.469. The number of furan rings is 1. The Hall–Kier alpha value is -3.49. The molecule has 3 N–H and O–H groups in total. The molecule has 0 fully saturated rings. The van der Waals surface area contributed by atoms with E-state index < -0.39 is 0 Å². The summed E-state index contributed by atoms with van der Waals surface area (Å²) < 4.78 is 6.39. The minimum absolute atomic E-state index is 0.144. The van der Waals surface area contributed by atoms with E-state index in [9.17, 15) is 9.59 Å². The Morgan fingerprint density at radius 2 is 1.55 bits per heavy atom. The highest BCUT2D eigenvalue weighted by Gasteiger charge is 2.13. The lowest BCUT2D eigenvalue weighted by Crippen LogP contribution is -2.34. The Morgan fingerprint density at radius 1 is 0.806 bits per heavy atom. The third-order valence-electron chi connectivity index (χ3n) is 4.34. The molecule has 31 heavy (non-hydrogen) atoms. The Bertz CT molecular complexity index is 1270. The van der Waals surface area contributed by atoms with E-state index in [0.29, 0.717) is 22.5 Å². The Kier molecular flexibility index (Phi) is 6.11.